The third-order valence-corrected chi connectivity index (χ3v) is 3.92. The van der Waals surface area contributed by atoms with Gasteiger partial charge in [0, 0.05) is 25.2 Å². The zero-order valence-corrected chi connectivity index (χ0v) is 11.7. The number of nitrogens with zero attached hydrogens (tertiary/aromatic N) is 2. The molecule has 0 amide bonds. The Morgan fingerprint density at radius 2 is 2.21 bits per heavy atom. The summed E-state index contributed by atoms with van der Waals surface area (Å²) in [6.07, 6.45) is 3.31. The van der Waals surface area contributed by atoms with Crippen molar-refractivity contribution in [1.29, 1.82) is 0 Å². The van der Waals surface area contributed by atoms with Crippen LogP contribution in [0.2, 0.25) is 5.02 Å². The van der Waals surface area contributed by atoms with Crippen LogP contribution >= 0.6 is 11.6 Å². The van der Waals surface area contributed by atoms with Crippen LogP contribution < -0.4 is 10.2 Å². The van der Waals surface area contributed by atoms with Crippen LogP contribution in [0.4, 0.5) is 11.4 Å². The summed E-state index contributed by atoms with van der Waals surface area (Å²) in [5, 5.41) is 14.5. The number of halogens is 1. The van der Waals surface area contributed by atoms with Gasteiger partial charge in [-0.2, -0.15) is 0 Å². The smallest absolute Gasteiger partial charge is 0.271 e. The summed E-state index contributed by atoms with van der Waals surface area (Å²) in [6, 6.07) is 5.09. The molecule has 0 spiro atoms. The number of hydrogen-bond donors (Lipinski definition) is 1. The van der Waals surface area contributed by atoms with Gasteiger partial charge in [0.05, 0.1) is 15.6 Å². The molecule has 0 aromatic heterocycles. The van der Waals surface area contributed by atoms with Crippen LogP contribution in [0.5, 0.6) is 0 Å². The van der Waals surface area contributed by atoms with Crippen molar-refractivity contribution < 1.29 is 4.92 Å². The standard InChI is InChI=1S/C13H18ClN3O2/c1-16(10-3-2-7-15-8-6-10)13-5-4-11(17(18)19)9-12(13)14/h4-5,9-10,15H,2-3,6-8H2,1H3. The SMILES string of the molecule is CN(c1ccc([N+](=O)[O-])cc1Cl)C1CCCNCC1. The van der Waals surface area contributed by atoms with Crippen LogP contribution in [0.15, 0.2) is 18.2 Å². The zero-order valence-electron chi connectivity index (χ0n) is 10.9. The number of anilines is 1. The fraction of sp³-hybridized carbons (Fsp3) is 0.538. The van der Waals surface area contributed by atoms with E-state index in [0.29, 0.717) is 11.1 Å². The minimum Gasteiger partial charge on any atom is -0.370 e. The van der Waals surface area contributed by atoms with Crippen LogP contribution in [0.25, 0.3) is 0 Å². The molecule has 0 bridgehead atoms. The third-order valence-electron chi connectivity index (χ3n) is 3.62. The molecule has 1 aliphatic heterocycles. The van der Waals surface area contributed by atoms with E-state index >= 15 is 0 Å². The Bertz CT molecular complexity index is 459. The molecule has 1 fully saturated rings. The first-order valence-corrected chi connectivity index (χ1v) is 6.85. The van der Waals surface area contributed by atoms with Gasteiger partial charge in [-0.1, -0.05) is 11.6 Å². The lowest BCUT2D eigenvalue weighted by atomic mass is 10.1. The van der Waals surface area contributed by atoms with Gasteiger partial charge in [0.1, 0.15) is 0 Å². The second-order valence-electron chi connectivity index (χ2n) is 4.84. The van der Waals surface area contributed by atoms with Crippen LogP contribution in [0.3, 0.4) is 0 Å². The molecule has 2 rings (SSSR count). The Labute approximate surface area is 117 Å². The van der Waals surface area contributed by atoms with Crippen molar-refractivity contribution in [2.24, 2.45) is 0 Å². The number of benzene rings is 1. The highest BCUT2D eigenvalue weighted by Crippen LogP contribution is 2.31. The molecule has 1 unspecified atom stereocenters. The molecular weight excluding hydrogens is 266 g/mol. The lowest BCUT2D eigenvalue weighted by Crippen LogP contribution is -2.32. The Hall–Kier alpha value is -1.33. The Morgan fingerprint density at radius 3 is 2.89 bits per heavy atom. The van der Waals surface area contributed by atoms with E-state index in [4.69, 9.17) is 11.6 Å². The highest BCUT2D eigenvalue weighted by atomic mass is 35.5. The van der Waals surface area contributed by atoms with E-state index in [2.05, 4.69) is 10.2 Å². The van der Waals surface area contributed by atoms with E-state index in [1.54, 1.807) is 6.07 Å². The molecule has 5 nitrogen and oxygen atoms in total. The van der Waals surface area contributed by atoms with Gasteiger partial charge in [0.15, 0.2) is 0 Å². The predicted molar refractivity (Wildman–Crippen MR) is 77.0 cm³/mol. The normalized spacial score (nSPS) is 19.8. The average Bonchev–Trinajstić information content (AvgIpc) is 2.66. The molecule has 1 N–H and O–H groups in total. The molecule has 1 aromatic rings. The van der Waals surface area contributed by atoms with Crippen LogP contribution in [-0.4, -0.2) is 31.1 Å². The van der Waals surface area contributed by atoms with E-state index in [-0.39, 0.29) is 5.69 Å². The molecule has 19 heavy (non-hydrogen) atoms. The van der Waals surface area contributed by atoms with Crippen molar-refractivity contribution in [3.05, 3.63) is 33.3 Å². The summed E-state index contributed by atoms with van der Waals surface area (Å²) in [5.41, 5.74) is 0.892. The average molecular weight is 284 g/mol. The number of nitrogens with one attached hydrogen (secondary N) is 1. The zero-order chi connectivity index (χ0) is 13.8. The van der Waals surface area contributed by atoms with E-state index < -0.39 is 4.92 Å². The minimum atomic E-state index is -0.425. The number of nitro benzene ring substituents is 1. The first-order chi connectivity index (χ1) is 9.09. The van der Waals surface area contributed by atoms with Gasteiger partial charge in [0.25, 0.3) is 5.69 Å². The van der Waals surface area contributed by atoms with E-state index in [9.17, 15) is 10.1 Å². The van der Waals surface area contributed by atoms with Gasteiger partial charge >= 0.3 is 0 Å². The highest BCUT2D eigenvalue weighted by Gasteiger charge is 2.20. The monoisotopic (exact) mass is 283 g/mol. The molecule has 104 valence electrons. The molecule has 1 aromatic carbocycles. The summed E-state index contributed by atoms with van der Waals surface area (Å²) in [4.78, 5) is 12.4. The maximum absolute atomic E-state index is 10.7. The van der Waals surface area contributed by atoms with Crippen molar-refractivity contribution >= 4 is 23.0 Å². The van der Waals surface area contributed by atoms with E-state index in [1.165, 1.54) is 12.1 Å². The summed E-state index contributed by atoms with van der Waals surface area (Å²) < 4.78 is 0. The second-order valence-corrected chi connectivity index (χ2v) is 5.25. The summed E-state index contributed by atoms with van der Waals surface area (Å²) >= 11 is 6.17. The molecule has 1 saturated heterocycles. The van der Waals surface area contributed by atoms with Crippen LogP contribution in [-0.2, 0) is 0 Å². The van der Waals surface area contributed by atoms with Crippen molar-refractivity contribution in [3.63, 3.8) is 0 Å². The van der Waals surface area contributed by atoms with Gasteiger partial charge in [-0.05, 0) is 38.4 Å². The van der Waals surface area contributed by atoms with Crippen LogP contribution in [0.1, 0.15) is 19.3 Å². The highest BCUT2D eigenvalue weighted by molar-refractivity contribution is 6.33. The van der Waals surface area contributed by atoms with Crippen molar-refractivity contribution in [2.45, 2.75) is 25.3 Å². The predicted octanol–water partition coefficient (Wildman–Crippen LogP) is 2.83. The van der Waals surface area contributed by atoms with Crippen molar-refractivity contribution in [3.8, 4) is 0 Å². The lowest BCUT2D eigenvalue weighted by Gasteiger charge is -2.29. The van der Waals surface area contributed by atoms with E-state index in [0.717, 1.165) is 38.0 Å². The Morgan fingerprint density at radius 1 is 1.42 bits per heavy atom. The number of nitro groups is 1. The third kappa shape index (κ3) is 3.36. The minimum absolute atomic E-state index is 0.0321. The maximum Gasteiger partial charge on any atom is 0.271 e. The quantitative estimate of drug-likeness (QED) is 0.684. The summed E-state index contributed by atoms with van der Waals surface area (Å²) in [5.74, 6) is 0. The number of hydrogen-bond acceptors (Lipinski definition) is 4. The van der Waals surface area contributed by atoms with E-state index in [1.807, 2.05) is 7.05 Å². The molecule has 1 atom stereocenters. The summed E-state index contributed by atoms with van der Waals surface area (Å²) in [7, 11) is 2.00. The van der Waals surface area contributed by atoms with Gasteiger partial charge in [-0.25, -0.2) is 0 Å². The maximum atomic E-state index is 10.7. The topological polar surface area (TPSA) is 58.4 Å². The van der Waals surface area contributed by atoms with Gasteiger partial charge in [0.2, 0.25) is 0 Å². The van der Waals surface area contributed by atoms with Gasteiger partial charge in [-0.3, -0.25) is 10.1 Å². The fourth-order valence-corrected chi connectivity index (χ4v) is 2.79. The Kier molecular flexibility index (Phi) is 4.61. The first kappa shape index (κ1) is 14.1. The number of rotatable bonds is 3. The molecule has 6 heteroatoms. The molecular formula is C13H18ClN3O2. The van der Waals surface area contributed by atoms with Crippen LogP contribution in [0, 0.1) is 10.1 Å². The molecule has 0 aliphatic carbocycles. The second kappa shape index (κ2) is 6.21. The summed E-state index contributed by atoms with van der Waals surface area (Å²) in [6.45, 7) is 2.05. The molecule has 1 aliphatic rings. The lowest BCUT2D eigenvalue weighted by molar-refractivity contribution is -0.384. The number of non-ortho nitro benzene ring substituents is 1. The van der Waals surface area contributed by atoms with Crippen molar-refractivity contribution in [2.75, 3.05) is 25.0 Å². The Balaban J connectivity index is 2.18. The van der Waals surface area contributed by atoms with Gasteiger partial charge < -0.3 is 10.2 Å². The molecule has 0 saturated carbocycles. The largest absolute Gasteiger partial charge is 0.370 e. The first-order valence-electron chi connectivity index (χ1n) is 6.47. The molecule has 1 heterocycles. The van der Waals surface area contributed by atoms with Crippen molar-refractivity contribution in [1.82, 2.24) is 5.32 Å². The fourth-order valence-electron chi connectivity index (χ4n) is 2.48. The molecule has 0 radical (unpaired) electrons. The van der Waals surface area contributed by atoms with Gasteiger partial charge in [-0.15, -0.1) is 0 Å².